The highest BCUT2D eigenvalue weighted by molar-refractivity contribution is 5.92. The Morgan fingerprint density at radius 1 is 1.46 bits per heavy atom. The predicted molar refractivity (Wildman–Crippen MR) is 96.0 cm³/mol. The van der Waals surface area contributed by atoms with Gasteiger partial charge in [-0.3, -0.25) is 0 Å². The fourth-order valence-corrected chi connectivity index (χ4v) is 3.14. The highest BCUT2D eigenvalue weighted by Gasteiger charge is 2.44. The van der Waals surface area contributed by atoms with Crippen LogP contribution in [0.2, 0.25) is 0 Å². The van der Waals surface area contributed by atoms with Gasteiger partial charge in [0.2, 0.25) is 0 Å². The number of esters is 2. The van der Waals surface area contributed by atoms with Crippen LogP contribution in [-0.4, -0.2) is 47.1 Å². The van der Waals surface area contributed by atoms with E-state index in [1.807, 2.05) is 13.0 Å². The van der Waals surface area contributed by atoms with Crippen molar-refractivity contribution in [1.29, 1.82) is 0 Å². The summed E-state index contributed by atoms with van der Waals surface area (Å²) >= 11 is 0. The van der Waals surface area contributed by atoms with Gasteiger partial charge in [-0.25, -0.2) is 9.59 Å². The number of fused-ring (bicyclic) bond motifs is 1. The summed E-state index contributed by atoms with van der Waals surface area (Å²) in [6.07, 6.45) is 3.87. The molecule has 1 saturated heterocycles. The summed E-state index contributed by atoms with van der Waals surface area (Å²) in [5.41, 5.74) is 2.17. The minimum atomic E-state index is -0.660. The lowest BCUT2D eigenvalue weighted by Crippen LogP contribution is -2.34. The Kier molecular flexibility index (Phi) is 6.56. The number of carbonyl (C=O) groups excluding carboxylic acids is 2. The van der Waals surface area contributed by atoms with Crippen molar-refractivity contribution in [3.05, 3.63) is 47.1 Å². The molecule has 0 saturated carbocycles. The third kappa shape index (κ3) is 4.51. The second-order valence-electron chi connectivity index (χ2n) is 6.85. The zero-order valence-electron chi connectivity index (χ0n) is 15.4. The SMILES string of the molecule is C=C1C(=O)OC2/C=C(\C)C(O)C/C=C(/C)CC(OC(=O)/C(C)=C/CO)C12. The van der Waals surface area contributed by atoms with Crippen molar-refractivity contribution in [2.45, 2.75) is 51.9 Å². The van der Waals surface area contributed by atoms with Gasteiger partial charge >= 0.3 is 11.9 Å². The largest absolute Gasteiger partial charge is 0.458 e. The van der Waals surface area contributed by atoms with E-state index in [-0.39, 0.29) is 12.2 Å². The lowest BCUT2D eigenvalue weighted by Gasteiger charge is -2.28. The Morgan fingerprint density at radius 3 is 2.81 bits per heavy atom. The molecule has 0 amide bonds. The van der Waals surface area contributed by atoms with Crippen molar-refractivity contribution in [2.75, 3.05) is 6.61 Å². The molecule has 0 aromatic rings. The summed E-state index contributed by atoms with van der Waals surface area (Å²) in [5.74, 6) is -1.61. The summed E-state index contributed by atoms with van der Waals surface area (Å²) in [5, 5.41) is 19.2. The van der Waals surface area contributed by atoms with E-state index in [4.69, 9.17) is 14.6 Å². The summed E-state index contributed by atoms with van der Waals surface area (Å²) in [6, 6.07) is 0. The van der Waals surface area contributed by atoms with Crippen LogP contribution >= 0.6 is 0 Å². The first-order valence-corrected chi connectivity index (χ1v) is 8.65. The Hall–Kier alpha value is -2.18. The van der Waals surface area contributed by atoms with E-state index in [2.05, 4.69) is 6.58 Å². The predicted octanol–water partition coefficient (Wildman–Crippen LogP) is 1.98. The van der Waals surface area contributed by atoms with Gasteiger partial charge in [-0.05, 0) is 44.9 Å². The van der Waals surface area contributed by atoms with Gasteiger partial charge in [0, 0.05) is 17.6 Å². The molecule has 2 rings (SSSR count). The lowest BCUT2D eigenvalue weighted by molar-refractivity contribution is -0.147. The molecular weight excluding hydrogens is 336 g/mol. The number of rotatable bonds is 3. The Bertz CT molecular complexity index is 684. The van der Waals surface area contributed by atoms with Crippen molar-refractivity contribution in [3.8, 4) is 0 Å². The molecule has 0 aromatic carbocycles. The van der Waals surface area contributed by atoms with E-state index in [1.54, 1.807) is 19.9 Å². The van der Waals surface area contributed by atoms with Crippen LogP contribution in [0.5, 0.6) is 0 Å². The van der Waals surface area contributed by atoms with Crippen molar-refractivity contribution < 1.29 is 29.3 Å². The third-order valence-electron chi connectivity index (χ3n) is 4.81. The molecule has 4 atom stereocenters. The molecule has 142 valence electrons. The van der Waals surface area contributed by atoms with E-state index < -0.39 is 36.2 Å². The Balaban J connectivity index is 2.39. The van der Waals surface area contributed by atoms with Crippen molar-refractivity contribution in [3.63, 3.8) is 0 Å². The van der Waals surface area contributed by atoms with Gasteiger partial charge in [-0.1, -0.05) is 18.2 Å². The molecular formula is C20H26O6. The molecule has 0 spiro atoms. The van der Waals surface area contributed by atoms with Crippen LogP contribution in [0.4, 0.5) is 0 Å². The molecule has 1 aliphatic heterocycles. The first-order valence-electron chi connectivity index (χ1n) is 8.65. The topological polar surface area (TPSA) is 93.1 Å². The van der Waals surface area contributed by atoms with Gasteiger partial charge in [0.25, 0.3) is 0 Å². The molecule has 1 aliphatic carbocycles. The van der Waals surface area contributed by atoms with E-state index in [1.165, 1.54) is 6.08 Å². The fraction of sp³-hybridized carbons (Fsp3) is 0.500. The normalized spacial score (nSPS) is 34.1. The van der Waals surface area contributed by atoms with Crippen LogP contribution in [0.25, 0.3) is 0 Å². The zero-order valence-corrected chi connectivity index (χ0v) is 15.4. The molecule has 6 heteroatoms. The van der Waals surface area contributed by atoms with Crippen LogP contribution in [-0.2, 0) is 19.1 Å². The number of ether oxygens (including phenoxy) is 2. The minimum Gasteiger partial charge on any atom is -0.458 e. The van der Waals surface area contributed by atoms with Crippen LogP contribution in [0, 0.1) is 5.92 Å². The highest BCUT2D eigenvalue weighted by atomic mass is 16.6. The van der Waals surface area contributed by atoms with Gasteiger partial charge in [0.1, 0.15) is 12.2 Å². The molecule has 2 aliphatic rings. The average Bonchev–Trinajstić information content (AvgIpc) is 2.85. The Labute approximate surface area is 153 Å². The maximum absolute atomic E-state index is 12.3. The second kappa shape index (κ2) is 8.47. The summed E-state index contributed by atoms with van der Waals surface area (Å²) in [7, 11) is 0. The van der Waals surface area contributed by atoms with E-state index in [0.29, 0.717) is 24.0 Å². The monoisotopic (exact) mass is 362 g/mol. The van der Waals surface area contributed by atoms with Crippen molar-refractivity contribution >= 4 is 11.9 Å². The van der Waals surface area contributed by atoms with Crippen LogP contribution in [0.1, 0.15) is 33.6 Å². The van der Waals surface area contributed by atoms with Crippen LogP contribution in [0.3, 0.4) is 0 Å². The average molecular weight is 362 g/mol. The molecule has 1 heterocycles. The first kappa shape index (κ1) is 20.1. The summed E-state index contributed by atoms with van der Waals surface area (Å²) in [4.78, 5) is 24.4. The quantitative estimate of drug-likeness (QED) is 0.453. The number of carbonyl (C=O) groups is 2. The van der Waals surface area contributed by atoms with E-state index in [9.17, 15) is 14.7 Å². The highest BCUT2D eigenvalue weighted by Crippen LogP contribution is 2.36. The van der Waals surface area contributed by atoms with Gasteiger partial charge < -0.3 is 19.7 Å². The zero-order chi connectivity index (χ0) is 19.4. The molecule has 4 unspecified atom stereocenters. The number of hydrogen-bond donors (Lipinski definition) is 2. The molecule has 6 nitrogen and oxygen atoms in total. The maximum atomic E-state index is 12.3. The van der Waals surface area contributed by atoms with Crippen molar-refractivity contribution in [1.82, 2.24) is 0 Å². The molecule has 0 bridgehead atoms. The minimum absolute atomic E-state index is 0.253. The van der Waals surface area contributed by atoms with Gasteiger partial charge in [0.15, 0.2) is 0 Å². The maximum Gasteiger partial charge on any atom is 0.334 e. The van der Waals surface area contributed by atoms with Gasteiger partial charge in [-0.15, -0.1) is 0 Å². The fourth-order valence-electron chi connectivity index (χ4n) is 3.14. The number of aliphatic hydroxyl groups excluding tert-OH is 2. The molecule has 26 heavy (non-hydrogen) atoms. The summed E-state index contributed by atoms with van der Waals surface area (Å²) in [6.45, 7) is 8.79. The van der Waals surface area contributed by atoms with E-state index >= 15 is 0 Å². The van der Waals surface area contributed by atoms with Crippen molar-refractivity contribution in [2.24, 2.45) is 5.92 Å². The van der Waals surface area contributed by atoms with Crippen LogP contribution in [0.15, 0.2) is 47.1 Å². The first-order chi connectivity index (χ1) is 12.2. The molecule has 0 radical (unpaired) electrons. The smallest absolute Gasteiger partial charge is 0.334 e. The Morgan fingerprint density at radius 2 is 2.15 bits per heavy atom. The molecule has 2 N–H and O–H groups in total. The number of aliphatic hydroxyl groups is 2. The van der Waals surface area contributed by atoms with Crippen LogP contribution < -0.4 is 0 Å². The van der Waals surface area contributed by atoms with E-state index in [0.717, 1.165) is 5.57 Å². The second-order valence-corrected chi connectivity index (χ2v) is 6.85. The molecule has 1 fully saturated rings. The summed E-state index contributed by atoms with van der Waals surface area (Å²) < 4.78 is 11.1. The van der Waals surface area contributed by atoms with Gasteiger partial charge in [0.05, 0.1) is 18.6 Å². The molecule has 0 aromatic heterocycles. The number of hydrogen-bond acceptors (Lipinski definition) is 6. The lowest BCUT2D eigenvalue weighted by atomic mass is 9.85. The third-order valence-corrected chi connectivity index (χ3v) is 4.81. The standard InChI is InChI=1S/C20H26O6/c1-11-5-6-15(22)13(3)10-17-18(14(4)20(24)26-17)16(9-11)25-19(23)12(2)7-8-21/h5,7,10,15-18,21-22H,4,6,8-9H2,1-3H3/b11-5-,12-7+,13-10+. The van der Waals surface area contributed by atoms with Gasteiger partial charge in [-0.2, -0.15) is 0 Å².